The van der Waals surface area contributed by atoms with Crippen molar-refractivity contribution in [2.75, 3.05) is 6.54 Å². The molecule has 0 radical (unpaired) electrons. The number of aromatic nitrogens is 3. The van der Waals surface area contributed by atoms with E-state index in [0.29, 0.717) is 18.1 Å². The molecule has 2 aromatic rings. The van der Waals surface area contributed by atoms with Crippen molar-refractivity contribution in [3.05, 3.63) is 34.4 Å². The third kappa shape index (κ3) is 2.24. The van der Waals surface area contributed by atoms with Gasteiger partial charge in [-0.05, 0) is 25.3 Å². The van der Waals surface area contributed by atoms with E-state index in [0.717, 1.165) is 25.2 Å². The van der Waals surface area contributed by atoms with Crippen molar-refractivity contribution in [1.29, 1.82) is 0 Å². The van der Waals surface area contributed by atoms with Gasteiger partial charge in [-0.25, -0.2) is 18.6 Å². The lowest BCUT2D eigenvalue weighted by molar-refractivity contribution is 0.445. The SMILES string of the molecule is CC(C)Cn1c(C2CCCN2)nc2cc(F)cn2c1=O. The first kappa shape index (κ1) is 13.3. The monoisotopic (exact) mass is 278 g/mol. The highest BCUT2D eigenvalue weighted by atomic mass is 19.1. The molecular formula is C14H19FN4O. The molecule has 0 saturated carbocycles. The molecule has 2 aromatic heterocycles. The van der Waals surface area contributed by atoms with Crippen molar-refractivity contribution in [1.82, 2.24) is 19.3 Å². The second-order valence-corrected chi connectivity index (χ2v) is 5.79. The van der Waals surface area contributed by atoms with Crippen molar-refractivity contribution < 1.29 is 4.39 Å². The summed E-state index contributed by atoms with van der Waals surface area (Å²) < 4.78 is 16.3. The summed E-state index contributed by atoms with van der Waals surface area (Å²) in [6.07, 6.45) is 3.24. The van der Waals surface area contributed by atoms with Crippen molar-refractivity contribution >= 4 is 5.65 Å². The quantitative estimate of drug-likeness (QED) is 0.930. The van der Waals surface area contributed by atoms with Gasteiger partial charge in [0, 0.05) is 12.6 Å². The van der Waals surface area contributed by atoms with Crippen molar-refractivity contribution in [3.63, 3.8) is 0 Å². The number of hydrogen-bond donors (Lipinski definition) is 1. The van der Waals surface area contributed by atoms with Crippen LogP contribution in [0.3, 0.4) is 0 Å². The highest BCUT2D eigenvalue weighted by molar-refractivity contribution is 5.39. The summed E-state index contributed by atoms with van der Waals surface area (Å²) in [5.74, 6) is 0.626. The standard InChI is InChI=1S/C14H19FN4O/c1-9(2)7-19-13(11-4-3-5-16-11)17-12-6-10(15)8-18(12)14(19)20/h6,8-9,11,16H,3-5,7H2,1-2H3. The molecule has 3 rings (SSSR count). The zero-order valence-corrected chi connectivity index (χ0v) is 11.8. The summed E-state index contributed by atoms with van der Waals surface area (Å²) >= 11 is 0. The highest BCUT2D eigenvalue weighted by Gasteiger charge is 2.23. The average Bonchev–Trinajstić information content (AvgIpc) is 3.00. The maximum atomic E-state index is 13.4. The number of rotatable bonds is 3. The van der Waals surface area contributed by atoms with E-state index in [2.05, 4.69) is 24.1 Å². The molecule has 0 aromatic carbocycles. The summed E-state index contributed by atoms with van der Waals surface area (Å²) in [7, 11) is 0. The Balaban J connectivity index is 2.21. The van der Waals surface area contributed by atoms with Crippen LogP contribution < -0.4 is 11.0 Å². The van der Waals surface area contributed by atoms with E-state index >= 15 is 0 Å². The maximum Gasteiger partial charge on any atom is 0.335 e. The van der Waals surface area contributed by atoms with Gasteiger partial charge in [-0.15, -0.1) is 0 Å². The molecule has 0 aliphatic carbocycles. The second-order valence-electron chi connectivity index (χ2n) is 5.79. The van der Waals surface area contributed by atoms with Crippen molar-refractivity contribution in [2.24, 2.45) is 5.92 Å². The summed E-state index contributed by atoms with van der Waals surface area (Å²) in [6.45, 7) is 5.63. The van der Waals surface area contributed by atoms with E-state index in [9.17, 15) is 9.18 Å². The van der Waals surface area contributed by atoms with E-state index in [-0.39, 0.29) is 11.7 Å². The molecule has 0 amide bonds. The third-order valence-electron chi connectivity index (χ3n) is 3.63. The van der Waals surface area contributed by atoms with Crippen LogP contribution in [0, 0.1) is 11.7 Å². The highest BCUT2D eigenvalue weighted by Crippen LogP contribution is 2.21. The fraction of sp³-hybridized carbons (Fsp3) is 0.571. The van der Waals surface area contributed by atoms with Gasteiger partial charge in [-0.2, -0.15) is 0 Å². The Morgan fingerprint density at radius 1 is 1.55 bits per heavy atom. The molecule has 1 fully saturated rings. The van der Waals surface area contributed by atoms with Gasteiger partial charge in [0.2, 0.25) is 0 Å². The Kier molecular flexibility index (Phi) is 3.33. The van der Waals surface area contributed by atoms with Gasteiger partial charge in [0.05, 0.1) is 12.2 Å². The predicted molar refractivity (Wildman–Crippen MR) is 74.2 cm³/mol. The summed E-state index contributed by atoms with van der Waals surface area (Å²) in [4.78, 5) is 17.1. The van der Waals surface area contributed by atoms with Crippen molar-refractivity contribution in [2.45, 2.75) is 39.3 Å². The van der Waals surface area contributed by atoms with E-state index in [1.165, 1.54) is 16.7 Å². The predicted octanol–water partition coefficient (Wildman–Crippen LogP) is 1.72. The van der Waals surface area contributed by atoms with Crippen LogP contribution in [0.4, 0.5) is 4.39 Å². The Hall–Kier alpha value is -1.69. The van der Waals surface area contributed by atoms with Gasteiger partial charge < -0.3 is 5.32 Å². The topological polar surface area (TPSA) is 51.3 Å². The molecule has 20 heavy (non-hydrogen) atoms. The molecule has 6 heteroatoms. The molecule has 1 unspecified atom stereocenters. The number of nitrogens with zero attached hydrogens (tertiary/aromatic N) is 3. The third-order valence-corrected chi connectivity index (χ3v) is 3.63. The lowest BCUT2D eigenvalue weighted by atomic mass is 10.2. The van der Waals surface area contributed by atoms with Crippen LogP contribution >= 0.6 is 0 Å². The molecule has 1 atom stereocenters. The van der Waals surface area contributed by atoms with Crippen molar-refractivity contribution in [3.8, 4) is 0 Å². The van der Waals surface area contributed by atoms with Gasteiger partial charge >= 0.3 is 5.69 Å². The molecule has 108 valence electrons. The first-order valence-corrected chi connectivity index (χ1v) is 7.08. The Labute approximate surface area is 116 Å². The molecule has 0 bridgehead atoms. The number of hydrogen-bond acceptors (Lipinski definition) is 3. The van der Waals surface area contributed by atoms with Crippen LogP contribution in [0.15, 0.2) is 17.1 Å². The van der Waals surface area contributed by atoms with Crippen LogP contribution in [0.5, 0.6) is 0 Å². The Morgan fingerprint density at radius 3 is 3.00 bits per heavy atom. The van der Waals surface area contributed by atoms with E-state index in [4.69, 9.17) is 0 Å². The minimum Gasteiger partial charge on any atom is -0.307 e. The van der Waals surface area contributed by atoms with Gasteiger partial charge in [-0.3, -0.25) is 4.57 Å². The lowest BCUT2D eigenvalue weighted by Gasteiger charge is -2.18. The van der Waals surface area contributed by atoms with Crippen LogP contribution in [0.2, 0.25) is 0 Å². The smallest absolute Gasteiger partial charge is 0.307 e. The van der Waals surface area contributed by atoms with E-state index < -0.39 is 5.82 Å². The minimum absolute atomic E-state index is 0.0874. The normalized spacial score (nSPS) is 19.3. The summed E-state index contributed by atoms with van der Waals surface area (Å²) in [5.41, 5.74) is 0.174. The van der Waals surface area contributed by atoms with E-state index in [1.54, 1.807) is 4.57 Å². The molecule has 1 N–H and O–H groups in total. The van der Waals surface area contributed by atoms with Gasteiger partial charge in [-0.1, -0.05) is 13.8 Å². The minimum atomic E-state index is -0.428. The first-order chi connectivity index (χ1) is 9.56. The van der Waals surface area contributed by atoms with Gasteiger partial charge in [0.25, 0.3) is 0 Å². The van der Waals surface area contributed by atoms with Crippen LogP contribution in [0.25, 0.3) is 5.65 Å². The van der Waals surface area contributed by atoms with E-state index in [1.807, 2.05) is 0 Å². The molecule has 1 aliphatic rings. The first-order valence-electron chi connectivity index (χ1n) is 7.08. The number of nitrogens with one attached hydrogen (secondary N) is 1. The molecular weight excluding hydrogens is 259 g/mol. The molecule has 3 heterocycles. The Bertz CT molecular complexity index is 682. The van der Waals surface area contributed by atoms with Gasteiger partial charge in [0.15, 0.2) is 0 Å². The number of fused-ring (bicyclic) bond motifs is 1. The Morgan fingerprint density at radius 2 is 2.35 bits per heavy atom. The number of halogens is 1. The summed E-state index contributed by atoms with van der Waals surface area (Å²) in [6, 6.07) is 1.39. The molecule has 1 aliphatic heterocycles. The molecule has 0 spiro atoms. The lowest BCUT2D eigenvalue weighted by Crippen LogP contribution is -2.34. The molecule has 5 nitrogen and oxygen atoms in total. The maximum absolute atomic E-state index is 13.4. The fourth-order valence-electron chi connectivity index (χ4n) is 2.77. The fourth-order valence-corrected chi connectivity index (χ4v) is 2.77. The van der Waals surface area contributed by atoms with Crippen LogP contribution in [0.1, 0.15) is 38.6 Å². The van der Waals surface area contributed by atoms with Crippen LogP contribution in [-0.4, -0.2) is 20.5 Å². The van der Waals surface area contributed by atoms with Gasteiger partial charge in [0.1, 0.15) is 17.3 Å². The van der Waals surface area contributed by atoms with Crippen LogP contribution in [-0.2, 0) is 6.54 Å². The average molecular weight is 278 g/mol. The second kappa shape index (κ2) is 5.01. The largest absolute Gasteiger partial charge is 0.335 e. The molecule has 1 saturated heterocycles. The zero-order chi connectivity index (χ0) is 14.3. The zero-order valence-electron chi connectivity index (χ0n) is 11.8. The summed E-state index contributed by atoms with van der Waals surface area (Å²) in [5, 5.41) is 3.36.